The first kappa shape index (κ1) is 9.18. The van der Waals surface area contributed by atoms with E-state index < -0.39 is 5.97 Å². The Morgan fingerprint density at radius 2 is 1.79 bits per heavy atom. The van der Waals surface area contributed by atoms with Gasteiger partial charge in [-0.1, -0.05) is 0 Å². The number of piperidine rings is 2. The zero-order valence-corrected chi connectivity index (χ0v) is 7.60. The third kappa shape index (κ3) is 1.29. The molecule has 0 aromatic heterocycles. The highest BCUT2D eigenvalue weighted by Gasteiger charge is 2.49. The van der Waals surface area contributed by atoms with Crippen molar-refractivity contribution in [3.8, 4) is 0 Å². The maximum absolute atomic E-state index is 11.5. The summed E-state index contributed by atoms with van der Waals surface area (Å²) in [5.41, 5.74) is 0. The molecular formula is C9H11NO4. The Labute approximate surface area is 80.7 Å². The molecule has 1 aliphatic carbocycles. The fourth-order valence-electron chi connectivity index (χ4n) is 2.00. The molecule has 1 N–H and O–H groups in total. The monoisotopic (exact) mass is 197 g/mol. The molecular weight excluding hydrogens is 186 g/mol. The highest BCUT2D eigenvalue weighted by atomic mass is 16.4. The number of carbonyl (C=O) groups excluding carboxylic acids is 2. The third-order valence-electron chi connectivity index (χ3n) is 2.92. The summed E-state index contributed by atoms with van der Waals surface area (Å²) in [6.45, 7) is 0.0278. The van der Waals surface area contributed by atoms with Crippen molar-refractivity contribution in [1.82, 2.24) is 4.90 Å². The Morgan fingerprint density at radius 1 is 1.29 bits per heavy atom. The number of hydrogen-bond donors (Lipinski definition) is 1. The molecule has 3 aliphatic rings. The summed E-state index contributed by atoms with van der Waals surface area (Å²) in [4.78, 5) is 34.4. The summed E-state index contributed by atoms with van der Waals surface area (Å²) in [6, 6.07) is 0. The minimum atomic E-state index is -0.982. The van der Waals surface area contributed by atoms with Crippen LogP contribution in [0.3, 0.4) is 0 Å². The average Bonchev–Trinajstić information content (AvgIpc) is 1.99. The molecule has 76 valence electrons. The minimum Gasteiger partial charge on any atom is -0.481 e. The van der Waals surface area contributed by atoms with Gasteiger partial charge in [-0.25, -0.2) is 0 Å². The Bertz CT molecular complexity index is 286. The first-order valence-corrected chi connectivity index (χ1v) is 4.66. The number of amides is 2. The fraction of sp³-hybridized carbons (Fsp3) is 0.667. The number of carbonyl (C=O) groups is 3. The fourth-order valence-corrected chi connectivity index (χ4v) is 2.00. The van der Waals surface area contributed by atoms with Crippen molar-refractivity contribution in [1.29, 1.82) is 0 Å². The summed E-state index contributed by atoms with van der Waals surface area (Å²) >= 11 is 0. The molecule has 2 saturated heterocycles. The van der Waals surface area contributed by atoms with E-state index in [2.05, 4.69) is 0 Å². The molecule has 0 unspecified atom stereocenters. The van der Waals surface area contributed by atoms with Gasteiger partial charge in [0.25, 0.3) is 0 Å². The van der Waals surface area contributed by atoms with Gasteiger partial charge < -0.3 is 5.11 Å². The van der Waals surface area contributed by atoms with Crippen molar-refractivity contribution in [2.75, 3.05) is 6.54 Å². The highest BCUT2D eigenvalue weighted by molar-refractivity contribution is 6.03. The van der Waals surface area contributed by atoms with Crippen LogP contribution in [0.15, 0.2) is 0 Å². The molecule has 0 atom stereocenters. The molecule has 0 spiro atoms. The molecule has 0 aromatic rings. The predicted octanol–water partition coefficient (Wildman–Crippen LogP) is -0.144. The second kappa shape index (κ2) is 3.08. The van der Waals surface area contributed by atoms with Gasteiger partial charge in [0.15, 0.2) is 0 Å². The van der Waals surface area contributed by atoms with Crippen molar-refractivity contribution in [3.05, 3.63) is 0 Å². The normalized spacial score (nSPS) is 30.1. The van der Waals surface area contributed by atoms with Gasteiger partial charge in [0.1, 0.15) is 0 Å². The van der Waals surface area contributed by atoms with Crippen LogP contribution in [0, 0.1) is 11.8 Å². The first-order chi connectivity index (χ1) is 6.59. The van der Waals surface area contributed by atoms with E-state index in [0.29, 0.717) is 12.8 Å². The molecule has 2 bridgehead atoms. The van der Waals surface area contributed by atoms with E-state index in [4.69, 9.17) is 5.11 Å². The standard InChI is InChI=1S/C9H11NO4/c11-7(12)1-2-10-8(13)5-3-6(4-5)9(10)14/h5-6H,1-4H2,(H,11,12). The summed E-state index contributed by atoms with van der Waals surface area (Å²) in [5.74, 6) is -1.39. The number of imide groups is 1. The zero-order chi connectivity index (χ0) is 10.3. The molecule has 1 saturated carbocycles. The predicted molar refractivity (Wildman–Crippen MR) is 45.2 cm³/mol. The van der Waals surface area contributed by atoms with E-state index in [9.17, 15) is 14.4 Å². The van der Waals surface area contributed by atoms with Crippen LogP contribution in [-0.4, -0.2) is 34.3 Å². The van der Waals surface area contributed by atoms with Crippen LogP contribution >= 0.6 is 0 Å². The van der Waals surface area contributed by atoms with E-state index in [1.807, 2.05) is 0 Å². The van der Waals surface area contributed by atoms with Crippen LogP contribution in [-0.2, 0) is 14.4 Å². The summed E-state index contributed by atoms with van der Waals surface area (Å²) < 4.78 is 0. The maximum atomic E-state index is 11.5. The number of fused-ring (bicyclic) bond motifs is 2. The minimum absolute atomic E-state index is 0.0218. The van der Waals surface area contributed by atoms with Crippen LogP contribution < -0.4 is 0 Å². The Balaban J connectivity index is 2.00. The topological polar surface area (TPSA) is 74.7 Å². The molecule has 14 heavy (non-hydrogen) atoms. The Hall–Kier alpha value is -1.39. The molecule has 3 fully saturated rings. The van der Waals surface area contributed by atoms with Gasteiger partial charge in [-0.2, -0.15) is 0 Å². The first-order valence-electron chi connectivity index (χ1n) is 4.66. The molecule has 0 aromatic carbocycles. The molecule has 2 amide bonds. The van der Waals surface area contributed by atoms with Crippen molar-refractivity contribution in [3.63, 3.8) is 0 Å². The Kier molecular flexibility index (Phi) is 2.02. The second-order valence-corrected chi connectivity index (χ2v) is 3.84. The smallest absolute Gasteiger partial charge is 0.305 e. The van der Waals surface area contributed by atoms with Crippen LogP contribution in [0.25, 0.3) is 0 Å². The molecule has 5 nitrogen and oxygen atoms in total. The van der Waals surface area contributed by atoms with Crippen LogP contribution in [0.5, 0.6) is 0 Å². The van der Waals surface area contributed by atoms with Crippen LogP contribution in [0.1, 0.15) is 19.3 Å². The number of nitrogens with zero attached hydrogens (tertiary/aromatic N) is 1. The molecule has 2 aliphatic heterocycles. The van der Waals surface area contributed by atoms with Gasteiger partial charge in [0.2, 0.25) is 11.8 Å². The number of carboxylic acids is 1. The van der Waals surface area contributed by atoms with E-state index >= 15 is 0 Å². The van der Waals surface area contributed by atoms with Crippen molar-refractivity contribution < 1.29 is 19.5 Å². The molecule has 3 rings (SSSR count). The van der Waals surface area contributed by atoms with Gasteiger partial charge in [-0.15, -0.1) is 0 Å². The van der Waals surface area contributed by atoms with E-state index in [0.717, 1.165) is 4.90 Å². The lowest BCUT2D eigenvalue weighted by atomic mass is 9.70. The second-order valence-electron chi connectivity index (χ2n) is 3.84. The van der Waals surface area contributed by atoms with Crippen molar-refractivity contribution in [2.24, 2.45) is 11.8 Å². The number of rotatable bonds is 3. The summed E-state index contributed by atoms with van der Waals surface area (Å²) in [5, 5.41) is 8.44. The van der Waals surface area contributed by atoms with Crippen molar-refractivity contribution >= 4 is 17.8 Å². The molecule has 2 heterocycles. The van der Waals surface area contributed by atoms with Crippen LogP contribution in [0.2, 0.25) is 0 Å². The quantitative estimate of drug-likeness (QED) is 0.639. The summed E-state index contributed by atoms with van der Waals surface area (Å²) in [6.07, 6.45) is 1.18. The maximum Gasteiger partial charge on any atom is 0.305 e. The number of hydrogen-bond acceptors (Lipinski definition) is 3. The van der Waals surface area contributed by atoms with Gasteiger partial charge in [0, 0.05) is 18.4 Å². The van der Waals surface area contributed by atoms with E-state index in [1.54, 1.807) is 0 Å². The average molecular weight is 197 g/mol. The van der Waals surface area contributed by atoms with Gasteiger partial charge >= 0.3 is 5.97 Å². The lowest BCUT2D eigenvalue weighted by Gasteiger charge is -2.44. The van der Waals surface area contributed by atoms with Gasteiger partial charge in [-0.3, -0.25) is 19.3 Å². The number of carboxylic acid groups (broad SMARTS) is 1. The molecule has 0 radical (unpaired) electrons. The van der Waals surface area contributed by atoms with E-state index in [-0.39, 0.29) is 36.6 Å². The van der Waals surface area contributed by atoms with Gasteiger partial charge in [-0.05, 0) is 12.8 Å². The third-order valence-corrected chi connectivity index (χ3v) is 2.92. The van der Waals surface area contributed by atoms with Gasteiger partial charge in [0.05, 0.1) is 6.42 Å². The zero-order valence-electron chi connectivity index (χ0n) is 7.60. The Morgan fingerprint density at radius 3 is 2.21 bits per heavy atom. The number of aliphatic carboxylic acids is 1. The SMILES string of the molecule is O=C(O)CCN1C(=O)C2CC(C2)C1=O. The van der Waals surface area contributed by atoms with Crippen LogP contribution in [0.4, 0.5) is 0 Å². The largest absolute Gasteiger partial charge is 0.481 e. The lowest BCUT2D eigenvalue weighted by Crippen LogP contribution is -2.56. The lowest BCUT2D eigenvalue weighted by molar-refractivity contribution is -0.165. The van der Waals surface area contributed by atoms with Crippen molar-refractivity contribution in [2.45, 2.75) is 19.3 Å². The highest BCUT2D eigenvalue weighted by Crippen LogP contribution is 2.41. The summed E-state index contributed by atoms with van der Waals surface area (Å²) in [7, 11) is 0. The van der Waals surface area contributed by atoms with E-state index in [1.165, 1.54) is 0 Å². The molecule has 5 heteroatoms.